The van der Waals surface area contributed by atoms with Gasteiger partial charge in [-0.05, 0) is 80.6 Å². The number of hydrogen-bond acceptors (Lipinski definition) is 5. The number of halogens is 2. The lowest BCUT2D eigenvalue weighted by atomic mass is 10.2. The normalized spacial score (nSPS) is 11.2. The minimum absolute atomic E-state index is 0.555. The zero-order valence-corrected chi connectivity index (χ0v) is 19.7. The fraction of sp³-hybridized carbons (Fsp3) is 0.0476. The molecule has 0 aliphatic heterocycles. The van der Waals surface area contributed by atoms with E-state index in [1.54, 1.807) is 17.6 Å². The Morgan fingerprint density at radius 2 is 1.71 bits per heavy atom. The first kappa shape index (κ1) is 19.6. The van der Waals surface area contributed by atoms with Crippen molar-refractivity contribution >= 4 is 78.1 Å². The fourth-order valence-corrected chi connectivity index (χ4v) is 5.55. The molecule has 0 radical (unpaired) electrons. The molecule has 0 unspecified atom stereocenters. The molecule has 0 saturated heterocycles. The summed E-state index contributed by atoms with van der Waals surface area (Å²) in [6, 6.07) is 22.4. The quantitative estimate of drug-likeness (QED) is 0.153. The number of para-hydroxylation sites is 1. The number of benzene rings is 3. The second-order valence-corrected chi connectivity index (χ2v) is 9.30. The molecule has 1 aromatic heterocycles. The minimum atomic E-state index is 0.555. The van der Waals surface area contributed by atoms with Gasteiger partial charge < -0.3 is 4.74 Å². The van der Waals surface area contributed by atoms with Gasteiger partial charge in [-0.2, -0.15) is 5.10 Å². The highest BCUT2D eigenvalue weighted by atomic mass is 127. The molecule has 1 N–H and O–H groups in total. The van der Waals surface area contributed by atoms with Crippen molar-refractivity contribution in [3.63, 3.8) is 0 Å². The Kier molecular flexibility index (Phi) is 6.43. The maximum absolute atomic E-state index is 6.03. The van der Waals surface area contributed by atoms with Crippen LogP contribution in [0, 0.1) is 7.14 Å². The van der Waals surface area contributed by atoms with Crippen LogP contribution in [0.4, 0.5) is 5.13 Å². The zero-order valence-electron chi connectivity index (χ0n) is 14.6. The van der Waals surface area contributed by atoms with Crippen LogP contribution in [0.2, 0.25) is 0 Å². The highest BCUT2D eigenvalue weighted by Crippen LogP contribution is 2.29. The van der Waals surface area contributed by atoms with Gasteiger partial charge in [0.15, 0.2) is 0 Å². The van der Waals surface area contributed by atoms with Crippen molar-refractivity contribution in [2.75, 3.05) is 5.43 Å². The third kappa shape index (κ3) is 4.81. The van der Waals surface area contributed by atoms with E-state index < -0.39 is 0 Å². The molecule has 7 heteroatoms. The number of aromatic nitrogens is 1. The van der Waals surface area contributed by atoms with E-state index in [9.17, 15) is 0 Å². The van der Waals surface area contributed by atoms with Crippen molar-refractivity contribution < 1.29 is 4.74 Å². The van der Waals surface area contributed by atoms with Gasteiger partial charge in [0.1, 0.15) is 12.4 Å². The van der Waals surface area contributed by atoms with Crippen molar-refractivity contribution in [1.29, 1.82) is 0 Å². The average molecular weight is 611 g/mol. The standard InChI is InChI=1S/C21H15I2N3OS/c22-16-10-15(11-17(23)20(16)27-13-14-6-2-1-3-7-14)12-24-26-21-25-18-8-4-5-9-19(18)28-21/h1-12H,13H2,(H,25,26)/b24-12+. The third-order valence-electron chi connectivity index (χ3n) is 3.91. The van der Waals surface area contributed by atoms with Crippen molar-refractivity contribution in [3.8, 4) is 5.75 Å². The van der Waals surface area contributed by atoms with E-state index in [1.165, 1.54) is 0 Å². The molecule has 0 spiro atoms. The zero-order chi connectivity index (χ0) is 19.3. The summed E-state index contributed by atoms with van der Waals surface area (Å²) in [6.07, 6.45) is 1.80. The van der Waals surface area contributed by atoms with Crippen molar-refractivity contribution in [2.24, 2.45) is 5.10 Å². The Morgan fingerprint density at radius 1 is 1.00 bits per heavy atom. The Labute approximate surface area is 194 Å². The minimum Gasteiger partial charge on any atom is -0.487 e. The molecular weight excluding hydrogens is 596 g/mol. The molecule has 0 atom stereocenters. The van der Waals surface area contributed by atoms with Crippen LogP contribution in [-0.4, -0.2) is 11.2 Å². The predicted molar refractivity (Wildman–Crippen MR) is 133 cm³/mol. The number of nitrogens with one attached hydrogen (secondary N) is 1. The highest BCUT2D eigenvalue weighted by molar-refractivity contribution is 14.1. The van der Waals surface area contributed by atoms with Crippen molar-refractivity contribution in [1.82, 2.24) is 4.98 Å². The van der Waals surface area contributed by atoms with E-state index in [0.717, 1.165) is 39.4 Å². The summed E-state index contributed by atoms with van der Waals surface area (Å²) in [5.41, 5.74) is 6.17. The predicted octanol–water partition coefficient (Wildman–Crippen LogP) is 6.53. The molecule has 0 saturated carbocycles. The van der Waals surface area contributed by atoms with Crippen LogP contribution >= 0.6 is 56.5 Å². The number of ether oxygens (including phenoxy) is 1. The summed E-state index contributed by atoms with van der Waals surface area (Å²) >= 11 is 6.20. The van der Waals surface area contributed by atoms with Gasteiger partial charge in [0.05, 0.1) is 23.6 Å². The van der Waals surface area contributed by atoms with Crippen molar-refractivity contribution in [2.45, 2.75) is 6.61 Å². The van der Waals surface area contributed by atoms with Gasteiger partial charge in [0, 0.05) is 0 Å². The second kappa shape index (κ2) is 9.19. The SMILES string of the molecule is Ic1cc(/C=N/Nc2nc3ccccc3s2)cc(I)c1OCc1ccccc1. The number of rotatable bonds is 6. The molecular formula is C21H15I2N3OS. The summed E-state index contributed by atoms with van der Waals surface area (Å²) in [4.78, 5) is 4.52. The average Bonchev–Trinajstić information content (AvgIpc) is 3.11. The van der Waals surface area contributed by atoms with Crippen LogP contribution in [0.25, 0.3) is 10.2 Å². The van der Waals surface area contributed by atoms with Crippen LogP contribution in [-0.2, 0) is 6.61 Å². The summed E-state index contributed by atoms with van der Waals surface area (Å²) in [5.74, 6) is 0.904. The number of nitrogens with zero attached hydrogens (tertiary/aromatic N) is 2. The van der Waals surface area contributed by atoms with Crippen LogP contribution in [0.15, 0.2) is 71.8 Å². The van der Waals surface area contributed by atoms with E-state index >= 15 is 0 Å². The first-order valence-electron chi connectivity index (χ1n) is 8.49. The molecule has 0 amide bonds. The molecule has 0 aliphatic carbocycles. The Hall–Kier alpha value is -1.72. The van der Waals surface area contributed by atoms with E-state index in [4.69, 9.17) is 4.74 Å². The van der Waals surface area contributed by atoms with E-state index in [-0.39, 0.29) is 0 Å². The van der Waals surface area contributed by atoms with Crippen LogP contribution < -0.4 is 10.2 Å². The van der Waals surface area contributed by atoms with Gasteiger partial charge in [-0.1, -0.05) is 53.8 Å². The fourth-order valence-electron chi connectivity index (χ4n) is 2.60. The maximum atomic E-state index is 6.03. The number of hydrogen-bond donors (Lipinski definition) is 1. The lowest BCUT2D eigenvalue weighted by molar-refractivity contribution is 0.302. The largest absolute Gasteiger partial charge is 0.487 e. The van der Waals surface area contributed by atoms with Gasteiger partial charge in [-0.3, -0.25) is 5.43 Å². The Balaban J connectivity index is 1.44. The second-order valence-electron chi connectivity index (χ2n) is 5.94. The first-order chi connectivity index (χ1) is 13.7. The first-order valence-corrected chi connectivity index (χ1v) is 11.5. The number of fused-ring (bicyclic) bond motifs is 1. The van der Waals surface area contributed by atoms with Gasteiger partial charge in [-0.25, -0.2) is 4.98 Å². The summed E-state index contributed by atoms with van der Waals surface area (Å²) in [5, 5.41) is 5.12. The van der Waals surface area contributed by atoms with Gasteiger partial charge in [-0.15, -0.1) is 0 Å². The van der Waals surface area contributed by atoms with E-state index in [0.29, 0.717) is 6.61 Å². The molecule has 140 valence electrons. The summed E-state index contributed by atoms with van der Waals surface area (Å²) < 4.78 is 9.29. The lowest BCUT2D eigenvalue weighted by Gasteiger charge is -2.11. The van der Waals surface area contributed by atoms with E-state index in [2.05, 4.69) is 91.0 Å². The van der Waals surface area contributed by atoms with Crippen LogP contribution in [0.5, 0.6) is 5.75 Å². The molecule has 3 aromatic carbocycles. The molecule has 28 heavy (non-hydrogen) atoms. The number of thiazole rings is 1. The molecule has 0 bridgehead atoms. The number of anilines is 1. The highest BCUT2D eigenvalue weighted by Gasteiger charge is 2.09. The summed E-state index contributed by atoms with van der Waals surface area (Å²) in [6.45, 7) is 0.555. The molecule has 0 fully saturated rings. The van der Waals surface area contributed by atoms with Gasteiger partial charge in [0.25, 0.3) is 0 Å². The van der Waals surface area contributed by atoms with Crippen LogP contribution in [0.1, 0.15) is 11.1 Å². The summed E-state index contributed by atoms with van der Waals surface area (Å²) in [7, 11) is 0. The molecule has 0 aliphatic rings. The molecule has 4 aromatic rings. The van der Waals surface area contributed by atoms with E-state index in [1.807, 2.05) is 36.4 Å². The smallest absolute Gasteiger partial charge is 0.204 e. The molecule has 1 heterocycles. The lowest BCUT2D eigenvalue weighted by Crippen LogP contribution is -2.00. The van der Waals surface area contributed by atoms with Gasteiger partial charge in [0.2, 0.25) is 5.13 Å². The monoisotopic (exact) mass is 611 g/mol. The topological polar surface area (TPSA) is 46.5 Å². The van der Waals surface area contributed by atoms with Crippen LogP contribution in [0.3, 0.4) is 0 Å². The van der Waals surface area contributed by atoms with Gasteiger partial charge >= 0.3 is 0 Å². The third-order valence-corrected chi connectivity index (χ3v) is 6.46. The molecule has 4 nitrogen and oxygen atoms in total. The van der Waals surface area contributed by atoms with Crippen molar-refractivity contribution in [3.05, 3.63) is 85.0 Å². The Morgan fingerprint density at radius 3 is 2.46 bits per heavy atom. The Bertz CT molecular complexity index is 1070. The maximum Gasteiger partial charge on any atom is 0.204 e. The number of hydrazone groups is 1. The molecule has 4 rings (SSSR count).